The molecule has 1 aromatic carbocycles. The van der Waals surface area contributed by atoms with Crippen molar-refractivity contribution in [3.05, 3.63) is 29.3 Å². The van der Waals surface area contributed by atoms with Gasteiger partial charge >= 0.3 is 0 Å². The van der Waals surface area contributed by atoms with Gasteiger partial charge in [0, 0.05) is 19.5 Å². The molecule has 1 amide bonds. The van der Waals surface area contributed by atoms with E-state index in [2.05, 4.69) is 29.7 Å². The van der Waals surface area contributed by atoms with Crippen LogP contribution < -0.4 is 15.4 Å². The van der Waals surface area contributed by atoms with Crippen molar-refractivity contribution < 1.29 is 9.53 Å². The highest BCUT2D eigenvalue weighted by molar-refractivity contribution is 5.77. The molecule has 1 aliphatic rings. The molecule has 104 valence electrons. The molecule has 1 aliphatic heterocycles. The van der Waals surface area contributed by atoms with E-state index in [0.29, 0.717) is 13.1 Å². The second kappa shape index (κ2) is 6.57. The standard InChI is InChI=1S/C15H22N2O2/c1-3-6-17-15(18)10-16-9-13-8-12-7-11(2)4-5-14(12)19-13/h4-5,7,13,16H,3,6,8-10H2,1-2H3,(H,17,18). The first-order valence-corrected chi connectivity index (χ1v) is 6.92. The number of ether oxygens (including phenoxy) is 1. The first-order valence-electron chi connectivity index (χ1n) is 6.92. The average molecular weight is 262 g/mol. The van der Waals surface area contributed by atoms with Gasteiger partial charge in [0.2, 0.25) is 5.91 Å². The van der Waals surface area contributed by atoms with Gasteiger partial charge in [-0.05, 0) is 25.0 Å². The lowest BCUT2D eigenvalue weighted by Crippen LogP contribution is -2.38. The summed E-state index contributed by atoms with van der Waals surface area (Å²) in [5.74, 6) is 1.03. The number of hydrogen-bond donors (Lipinski definition) is 2. The number of rotatable bonds is 6. The monoisotopic (exact) mass is 262 g/mol. The SMILES string of the molecule is CCCNC(=O)CNCC1Cc2cc(C)ccc2O1. The Morgan fingerprint density at radius 1 is 1.47 bits per heavy atom. The van der Waals surface area contributed by atoms with Crippen LogP contribution in [0.2, 0.25) is 0 Å². The molecule has 2 N–H and O–H groups in total. The van der Waals surface area contributed by atoms with Crippen LogP contribution in [-0.2, 0) is 11.2 Å². The zero-order valence-corrected chi connectivity index (χ0v) is 11.7. The minimum atomic E-state index is 0.0493. The van der Waals surface area contributed by atoms with E-state index in [9.17, 15) is 4.79 Å². The van der Waals surface area contributed by atoms with Gasteiger partial charge < -0.3 is 15.4 Å². The van der Waals surface area contributed by atoms with Crippen molar-refractivity contribution in [3.63, 3.8) is 0 Å². The normalized spacial score (nSPS) is 16.8. The molecule has 0 bridgehead atoms. The quantitative estimate of drug-likeness (QED) is 0.815. The summed E-state index contributed by atoms with van der Waals surface area (Å²) in [7, 11) is 0. The minimum Gasteiger partial charge on any atom is -0.488 e. The molecule has 1 heterocycles. The predicted molar refractivity (Wildman–Crippen MR) is 75.5 cm³/mol. The molecule has 0 spiro atoms. The molecule has 0 radical (unpaired) electrons. The summed E-state index contributed by atoms with van der Waals surface area (Å²) in [5, 5.41) is 5.99. The molecule has 4 nitrogen and oxygen atoms in total. The second-order valence-corrected chi connectivity index (χ2v) is 5.04. The van der Waals surface area contributed by atoms with E-state index in [1.54, 1.807) is 0 Å². The van der Waals surface area contributed by atoms with Gasteiger partial charge in [0.1, 0.15) is 11.9 Å². The molecular weight excluding hydrogens is 240 g/mol. The molecule has 0 saturated carbocycles. The van der Waals surface area contributed by atoms with Crippen molar-refractivity contribution >= 4 is 5.91 Å². The lowest BCUT2D eigenvalue weighted by atomic mass is 10.1. The number of hydrogen-bond acceptors (Lipinski definition) is 3. The van der Waals surface area contributed by atoms with Crippen LogP contribution in [0.5, 0.6) is 5.75 Å². The summed E-state index contributed by atoms with van der Waals surface area (Å²) in [4.78, 5) is 11.4. The van der Waals surface area contributed by atoms with Crippen molar-refractivity contribution in [2.75, 3.05) is 19.6 Å². The van der Waals surface area contributed by atoms with Crippen molar-refractivity contribution in [2.45, 2.75) is 32.8 Å². The van der Waals surface area contributed by atoms with Gasteiger partial charge in [-0.1, -0.05) is 24.6 Å². The maximum absolute atomic E-state index is 11.4. The van der Waals surface area contributed by atoms with E-state index >= 15 is 0 Å². The third kappa shape index (κ3) is 3.96. The van der Waals surface area contributed by atoms with Gasteiger partial charge in [0.15, 0.2) is 0 Å². The van der Waals surface area contributed by atoms with Gasteiger partial charge in [-0.3, -0.25) is 4.79 Å². The molecule has 2 rings (SSSR count). The van der Waals surface area contributed by atoms with Gasteiger partial charge in [0.05, 0.1) is 6.54 Å². The molecular formula is C15H22N2O2. The van der Waals surface area contributed by atoms with Gasteiger partial charge in [-0.15, -0.1) is 0 Å². The van der Waals surface area contributed by atoms with E-state index in [1.165, 1.54) is 11.1 Å². The van der Waals surface area contributed by atoms with E-state index in [-0.39, 0.29) is 12.0 Å². The van der Waals surface area contributed by atoms with E-state index in [1.807, 2.05) is 13.0 Å². The van der Waals surface area contributed by atoms with Gasteiger partial charge in [0.25, 0.3) is 0 Å². The van der Waals surface area contributed by atoms with Crippen molar-refractivity contribution in [1.82, 2.24) is 10.6 Å². The molecule has 1 aromatic rings. The minimum absolute atomic E-state index is 0.0493. The van der Waals surface area contributed by atoms with E-state index in [0.717, 1.165) is 25.1 Å². The highest BCUT2D eigenvalue weighted by Gasteiger charge is 2.22. The number of benzene rings is 1. The first-order chi connectivity index (χ1) is 9.19. The highest BCUT2D eigenvalue weighted by atomic mass is 16.5. The largest absolute Gasteiger partial charge is 0.488 e. The smallest absolute Gasteiger partial charge is 0.233 e. The Kier molecular flexibility index (Phi) is 4.80. The van der Waals surface area contributed by atoms with Crippen molar-refractivity contribution in [3.8, 4) is 5.75 Å². The highest BCUT2D eigenvalue weighted by Crippen LogP contribution is 2.29. The Morgan fingerprint density at radius 3 is 3.11 bits per heavy atom. The molecule has 0 aliphatic carbocycles. The van der Waals surface area contributed by atoms with Crippen LogP contribution in [0.15, 0.2) is 18.2 Å². The lowest BCUT2D eigenvalue weighted by molar-refractivity contribution is -0.120. The van der Waals surface area contributed by atoms with Crippen molar-refractivity contribution in [1.29, 1.82) is 0 Å². The Bertz CT molecular complexity index is 446. The number of nitrogens with one attached hydrogen (secondary N) is 2. The summed E-state index contributed by atoms with van der Waals surface area (Å²) in [6.07, 6.45) is 2.02. The summed E-state index contributed by atoms with van der Waals surface area (Å²) in [6, 6.07) is 6.26. The van der Waals surface area contributed by atoms with Crippen LogP contribution in [0.25, 0.3) is 0 Å². The molecule has 19 heavy (non-hydrogen) atoms. The first kappa shape index (κ1) is 13.9. The van der Waals surface area contributed by atoms with Crippen LogP contribution in [0.1, 0.15) is 24.5 Å². The summed E-state index contributed by atoms with van der Waals surface area (Å²) >= 11 is 0. The fourth-order valence-corrected chi connectivity index (χ4v) is 2.24. The Morgan fingerprint density at radius 2 is 2.32 bits per heavy atom. The Labute approximate surface area is 114 Å². The Hall–Kier alpha value is -1.55. The fourth-order valence-electron chi connectivity index (χ4n) is 2.24. The van der Waals surface area contributed by atoms with Crippen LogP contribution in [-0.4, -0.2) is 31.6 Å². The molecule has 0 saturated heterocycles. The molecule has 1 unspecified atom stereocenters. The maximum Gasteiger partial charge on any atom is 0.233 e. The lowest BCUT2D eigenvalue weighted by Gasteiger charge is -2.11. The average Bonchev–Trinajstić information content (AvgIpc) is 2.78. The summed E-state index contributed by atoms with van der Waals surface area (Å²) < 4.78 is 5.83. The summed E-state index contributed by atoms with van der Waals surface area (Å²) in [6.45, 7) is 5.93. The van der Waals surface area contributed by atoms with Crippen molar-refractivity contribution in [2.24, 2.45) is 0 Å². The van der Waals surface area contributed by atoms with E-state index < -0.39 is 0 Å². The fraction of sp³-hybridized carbons (Fsp3) is 0.533. The number of carbonyl (C=O) groups is 1. The van der Waals surface area contributed by atoms with Gasteiger partial charge in [-0.25, -0.2) is 0 Å². The number of aryl methyl sites for hydroxylation is 1. The van der Waals surface area contributed by atoms with Crippen LogP contribution in [0.3, 0.4) is 0 Å². The third-order valence-electron chi connectivity index (χ3n) is 3.19. The van der Waals surface area contributed by atoms with Gasteiger partial charge in [-0.2, -0.15) is 0 Å². The molecule has 0 fully saturated rings. The zero-order valence-electron chi connectivity index (χ0n) is 11.7. The molecule has 1 atom stereocenters. The molecule has 0 aromatic heterocycles. The number of amides is 1. The van der Waals surface area contributed by atoms with Crippen LogP contribution in [0, 0.1) is 6.92 Å². The zero-order chi connectivity index (χ0) is 13.7. The summed E-state index contributed by atoms with van der Waals surface area (Å²) in [5.41, 5.74) is 2.53. The number of fused-ring (bicyclic) bond motifs is 1. The maximum atomic E-state index is 11.4. The second-order valence-electron chi connectivity index (χ2n) is 5.04. The predicted octanol–water partition coefficient (Wildman–Crippen LogP) is 1.41. The number of carbonyl (C=O) groups excluding carboxylic acids is 1. The van der Waals surface area contributed by atoms with E-state index in [4.69, 9.17) is 4.74 Å². The van der Waals surface area contributed by atoms with Crippen LogP contribution in [0.4, 0.5) is 0 Å². The Balaban J connectivity index is 1.71. The topological polar surface area (TPSA) is 50.4 Å². The van der Waals surface area contributed by atoms with Crippen LogP contribution >= 0.6 is 0 Å². The third-order valence-corrected chi connectivity index (χ3v) is 3.19. The molecule has 4 heteroatoms.